The summed E-state index contributed by atoms with van der Waals surface area (Å²) in [4.78, 5) is 32.0. The van der Waals surface area contributed by atoms with Crippen LogP contribution in [-0.2, 0) is 11.3 Å². The zero-order valence-electron chi connectivity index (χ0n) is 23.8. The molecule has 2 aromatic carbocycles. The van der Waals surface area contributed by atoms with Gasteiger partial charge in [-0.05, 0) is 18.1 Å². The Morgan fingerprint density at radius 1 is 0.949 bits per heavy atom. The first kappa shape index (κ1) is 30.2. The van der Waals surface area contributed by atoms with E-state index in [1.807, 2.05) is 70.5 Å². The Labute approximate surface area is 234 Å². The average molecular weight is 535 g/mol. The summed E-state index contributed by atoms with van der Waals surface area (Å²) in [6, 6.07) is 17.9. The van der Waals surface area contributed by atoms with Crippen molar-refractivity contribution in [1.82, 2.24) is 20.0 Å². The molecule has 1 aliphatic heterocycles. The van der Waals surface area contributed by atoms with Gasteiger partial charge in [-0.2, -0.15) is 0 Å². The van der Waals surface area contributed by atoms with Gasteiger partial charge in [0.25, 0.3) is 0 Å². The summed E-state index contributed by atoms with van der Waals surface area (Å²) >= 11 is 0. The van der Waals surface area contributed by atoms with Crippen molar-refractivity contribution in [1.29, 1.82) is 0 Å². The summed E-state index contributed by atoms with van der Waals surface area (Å²) < 4.78 is 5.45. The fraction of sp³-hybridized carbons (Fsp3) is 0.500. The molecule has 39 heavy (non-hydrogen) atoms. The lowest BCUT2D eigenvalue weighted by atomic mass is 10.1. The molecule has 1 heterocycles. The van der Waals surface area contributed by atoms with Crippen molar-refractivity contribution in [2.45, 2.75) is 52.0 Å². The molecule has 1 fully saturated rings. The Kier molecular flexibility index (Phi) is 13.4. The van der Waals surface area contributed by atoms with E-state index in [0.717, 1.165) is 49.4 Å². The van der Waals surface area contributed by atoms with Crippen LogP contribution in [0, 0.1) is 0 Å². The Morgan fingerprint density at radius 3 is 2.41 bits per heavy atom. The maximum Gasteiger partial charge on any atom is 0.317 e. The number of nitrogens with one attached hydrogen (secondary N) is 1. The fourth-order valence-corrected chi connectivity index (χ4v) is 4.79. The second-order valence-corrected chi connectivity index (χ2v) is 10.1. The maximum atomic E-state index is 13.1. The number of benzene rings is 2. The van der Waals surface area contributed by atoms with Crippen molar-refractivity contribution in [3.8, 4) is 5.75 Å². The Hall–Kier alpha value is -3.32. The van der Waals surface area contributed by atoms with Crippen LogP contribution in [0.15, 0.2) is 60.7 Å². The van der Waals surface area contributed by atoms with E-state index in [9.17, 15) is 9.59 Å². The minimum Gasteiger partial charge on any atom is -0.496 e. The summed E-state index contributed by atoms with van der Waals surface area (Å²) in [6.07, 6.45) is 10.4. The van der Waals surface area contributed by atoms with Crippen molar-refractivity contribution < 1.29 is 14.3 Å². The lowest BCUT2D eigenvalue weighted by Gasteiger charge is -2.35. The van der Waals surface area contributed by atoms with Gasteiger partial charge in [0.2, 0.25) is 5.91 Å². The Morgan fingerprint density at radius 2 is 1.67 bits per heavy atom. The van der Waals surface area contributed by atoms with Crippen LogP contribution in [0.1, 0.15) is 56.6 Å². The number of rotatable bonds is 15. The predicted molar refractivity (Wildman–Crippen MR) is 159 cm³/mol. The van der Waals surface area contributed by atoms with Crippen molar-refractivity contribution in [3.63, 3.8) is 0 Å². The molecule has 7 nitrogen and oxygen atoms in total. The van der Waals surface area contributed by atoms with Gasteiger partial charge in [0.15, 0.2) is 0 Å². The number of hydrogen-bond donors (Lipinski definition) is 1. The van der Waals surface area contributed by atoms with Crippen LogP contribution in [-0.4, -0.2) is 79.6 Å². The number of carbonyl (C=O) groups is 2. The van der Waals surface area contributed by atoms with Crippen molar-refractivity contribution >= 4 is 18.0 Å². The number of carbonyl (C=O) groups excluding carboxylic acids is 2. The van der Waals surface area contributed by atoms with Gasteiger partial charge in [0.05, 0.1) is 7.11 Å². The van der Waals surface area contributed by atoms with E-state index in [1.54, 1.807) is 7.11 Å². The highest BCUT2D eigenvalue weighted by Crippen LogP contribution is 2.18. The third-order valence-corrected chi connectivity index (χ3v) is 7.24. The van der Waals surface area contributed by atoms with Gasteiger partial charge in [-0.25, -0.2) is 4.79 Å². The second-order valence-electron chi connectivity index (χ2n) is 10.1. The molecule has 0 bridgehead atoms. The molecule has 0 aromatic heterocycles. The number of hydrogen-bond acceptors (Lipinski definition) is 4. The van der Waals surface area contributed by atoms with E-state index in [0.29, 0.717) is 39.1 Å². The van der Waals surface area contributed by atoms with E-state index < -0.39 is 0 Å². The second kappa shape index (κ2) is 17.3. The van der Waals surface area contributed by atoms with Gasteiger partial charge in [0.1, 0.15) is 5.75 Å². The van der Waals surface area contributed by atoms with Crippen molar-refractivity contribution in [2.24, 2.45) is 0 Å². The normalized spacial score (nSPS) is 13.9. The molecule has 1 N–H and O–H groups in total. The topological polar surface area (TPSA) is 65.1 Å². The van der Waals surface area contributed by atoms with E-state index >= 15 is 0 Å². The first-order valence-electron chi connectivity index (χ1n) is 14.5. The summed E-state index contributed by atoms with van der Waals surface area (Å²) in [5, 5.41) is 3.02. The number of piperazine rings is 1. The van der Waals surface area contributed by atoms with Crippen molar-refractivity contribution in [3.05, 3.63) is 71.8 Å². The lowest BCUT2D eigenvalue weighted by Crippen LogP contribution is -2.53. The molecular weight excluding hydrogens is 488 g/mol. The molecule has 2 aromatic rings. The van der Waals surface area contributed by atoms with Crippen molar-refractivity contribution in [2.75, 3.05) is 52.9 Å². The van der Waals surface area contributed by atoms with Gasteiger partial charge in [-0.3, -0.25) is 9.69 Å². The molecule has 3 rings (SSSR count). The minimum absolute atomic E-state index is 0.0140. The van der Waals surface area contributed by atoms with Gasteiger partial charge >= 0.3 is 6.03 Å². The molecule has 7 heteroatoms. The largest absolute Gasteiger partial charge is 0.496 e. The van der Waals surface area contributed by atoms with Crippen LogP contribution in [0.5, 0.6) is 5.75 Å². The molecule has 3 amide bonds. The van der Waals surface area contributed by atoms with Gasteiger partial charge in [-0.1, -0.05) is 93.3 Å². The molecule has 1 aliphatic rings. The molecule has 0 atom stereocenters. The van der Waals surface area contributed by atoms with Gasteiger partial charge in [-0.15, -0.1) is 0 Å². The molecule has 212 valence electrons. The summed E-state index contributed by atoms with van der Waals surface area (Å²) in [5.41, 5.74) is 2.10. The van der Waals surface area contributed by atoms with Gasteiger partial charge < -0.3 is 19.9 Å². The Bertz CT molecular complexity index is 1020. The van der Waals surface area contributed by atoms with E-state index in [4.69, 9.17) is 4.74 Å². The van der Waals surface area contributed by atoms with Crippen LogP contribution in [0.2, 0.25) is 0 Å². The van der Waals surface area contributed by atoms with Crippen LogP contribution >= 0.6 is 0 Å². The lowest BCUT2D eigenvalue weighted by molar-refractivity contribution is -0.131. The number of amides is 3. The minimum atomic E-state index is -0.0140. The number of urea groups is 1. The molecule has 0 unspecified atom stereocenters. The van der Waals surface area contributed by atoms with Crippen LogP contribution in [0.25, 0.3) is 6.08 Å². The fourth-order valence-electron chi connectivity index (χ4n) is 4.79. The molecule has 0 saturated carbocycles. The zero-order chi connectivity index (χ0) is 27.7. The average Bonchev–Trinajstić information content (AvgIpc) is 2.98. The smallest absolute Gasteiger partial charge is 0.317 e. The third-order valence-electron chi connectivity index (χ3n) is 7.24. The number of para-hydroxylation sites is 1. The highest BCUT2D eigenvalue weighted by atomic mass is 16.5. The highest BCUT2D eigenvalue weighted by Gasteiger charge is 2.22. The number of ether oxygens (including phenoxy) is 1. The first-order chi connectivity index (χ1) is 19.1. The summed E-state index contributed by atoms with van der Waals surface area (Å²) in [6.45, 7) is 7.83. The van der Waals surface area contributed by atoms with Crippen LogP contribution in [0.4, 0.5) is 4.79 Å². The quantitative estimate of drug-likeness (QED) is 0.310. The number of methoxy groups -OCH3 is 1. The molecule has 0 radical (unpaired) electrons. The van der Waals surface area contributed by atoms with E-state index in [2.05, 4.69) is 23.2 Å². The predicted octanol–water partition coefficient (Wildman–Crippen LogP) is 5.42. The highest BCUT2D eigenvalue weighted by molar-refractivity contribution is 5.76. The third kappa shape index (κ3) is 10.8. The zero-order valence-corrected chi connectivity index (χ0v) is 23.8. The standard InChI is InChI=1S/C32H46N4O3/c1-3-4-5-6-10-19-31(37)35(20-13-17-29-16-11-12-18-30(29)39-2)24-21-34-22-25-36(26-23-34)32(38)33-27-28-14-8-7-9-15-28/h7-9,11-18H,3-6,10,19-27H2,1-2H3,(H,33,38). The number of unbranched alkanes of at least 4 members (excludes halogenated alkanes) is 4. The van der Waals surface area contributed by atoms with E-state index in [1.165, 1.54) is 19.3 Å². The molecular formula is C32H46N4O3. The first-order valence-corrected chi connectivity index (χ1v) is 14.5. The summed E-state index contributed by atoms with van der Waals surface area (Å²) in [7, 11) is 1.67. The number of nitrogens with zero attached hydrogens (tertiary/aromatic N) is 3. The van der Waals surface area contributed by atoms with Crippen LogP contribution < -0.4 is 10.1 Å². The molecule has 0 aliphatic carbocycles. The Balaban J connectivity index is 1.47. The monoisotopic (exact) mass is 534 g/mol. The summed E-state index contributed by atoms with van der Waals surface area (Å²) in [5.74, 6) is 1.04. The van der Waals surface area contributed by atoms with Crippen LogP contribution in [0.3, 0.4) is 0 Å². The van der Waals surface area contributed by atoms with Gasteiger partial charge in [0, 0.05) is 64.3 Å². The molecule has 1 saturated heterocycles. The molecule has 0 spiro atoms. The van der Waals surface area contributed by atoms with E-state index in [-0.39, 0.29) is 11.9 Å². The maximum absolute atomic E-state index is 13.1. The SMILES string of the molecule is CCCCCCCC(=O)N(CC=Cc1ccccc1OC)CCN1CCN(C(=O)NCc2ccccc2)CC1.